The van der Waals surface area contributed by atoms with E-state index in [0.717, 1.165) is 29.8 Å². The summed E-state index contributed by atoms with van der Waals surface area (Å²) in [5, 5.41) is 4.44. The Balaban J connectivity index is 1.52. The number of amides is 1. The molecule has 24 heavy (non-hydrogen) atoms. The monoisotopic (exact) mass is 329 g/mol. The Hall–Kier alpha value is -2.44. The topological polar surface area (TPSA) is 73.1 Å². The van der Waals surface area contributed by atoms with Crippen molar-refractivity contribution in [3.8, 4) is 6.01 Å². The molecule has 0 saturated carbocycles. The molecule has 0 spiro atoms. The molecule has 0 aliphatic carbocycles. The van der Waals surface area contributed by atoms with Gasteiger partial charge in [0, 0.05) is 44.0 Å². The molecule has 0 radical (unpaired) electrons. The fraction of sp³-hybridized carbons (Fsp3) is 0.529. The van der Waals surface area contributed by atoms with Gasteiger partial charge in [0.1, 0.15) is 12.6 Å². The van der Waals surface area contributed by atoms with Crippen molar-refractivity contribution in [1.29, 1.82) is 0 Å². The predicted octanol–water partition coefficient (Wildman–Crippen LogP) is 1.67. The van der Waals surface area contributed by atoms with E-state index < -0.39 is 0 Å². The molecular formula is C17H23N5O2. The molecule has 3 rings (SSSR count). The lowest BCUT2D eigenvalue weighted by Crippen LogP contribution is -2.43. The van der Waals surface area contributed by atoms with E-state index in [1.807, 2.05) is 25.7 Å². The molecular weight excluding hydrogens is 306 g/mol. The maximum absolute atomic E-state index is 12.5. The Morgan fingerprint density at radius 2 is 1.88 bits per heavy atom. The normalized spacial score (nSPS) is 15.5. The van der Waals surface area contributed by atoms with E-state index in [-0.39, 0.29) is 12.0 Å². The number of aryl methyl sites for hydroxylation is 1. The Morgan fingerprint density at radius 3 is 2.46 bits per heavy atom. The van der Waals surface area contributed by atoms with Crippen molar-refractivity contribution in [3.05, 3.63) is 35.4 Å². The molecule has 0 atom stereocenters. The van der Waals surface area contributed by atoms with Gasteiger partial charge in [-0.25, -0.2) is 9.97 Å². The van der Waals surface area contributed by atoms with Gasteiger partial charge in [-0.1, -0.05) is 0 Å². The standard InChI is InChI=1S/C17H23N5O2/c1-12-13(2)20-22(14(12)3)11-16(23)21-9-5-15(6-10-21)24-17-18-7-4-8-19-17/h4,7-8,15H,5-6,9-11H2,1-3H3. The number of rotatable bonds is 4. The molecule has 3 heterocycles. The predicted molar refractivity (Wildman–Crippen MR) is 88.7 cm³/mol. The van der Waals surface area contributed by atoms with Gasteiger partial charge in [-0.15, -0.1) is 0 Å². The Bertz CT molecular complexity index is 705. The van der Waals surface area contributed by atoms with E-state index in [1.165, 1.54) is 0 Å². The number of hydrogen-bond donors (Lipinski definition) is 0. The minimum Gasteiger partial charge on any atom is -0.460 e. The van der Waals surface area contributed by atoms with E-state index in [4.69, 9.17) is 4.74 Å². The van der Waals surface area contributed by atoms with Crippen molar-refractivity contribution in [2.45, 2.75) is 46.3 Å². The van der Waals surface area contributed by atoms with E-state index in [1.54, 1.807) is 23.1 Å². The molecule has 1 amide bonds. The number of hydrogen-bond acceptors (Lipinski definition) is 5. The molecule has 0 bridgehead atoms. The molecule has 2 aromatic heterocycles. The SMILES string of the molecule is Cc1nn(CC(=O)N2CCC(Oc3ncccn3)CC2)c(C)c1C. The summed E-state index contributed by atoms with van der Waals surface area (Å²) in [6.45, 7) is 7.69. The van der Waals surface area contributed by atoms with Crippen LogP contribution in [0.2, 0.25) is 0 Å². The van der Waals surface area contributed by atoms with Crippen LogP contribution in [-0.2, 0) is 11.3 Å². The molecule has 1 aliphatic heterocycles. The first kappa shape index (κ1) is 16.4. The average Bonchev–Trinajstić information content (AvgIpc) is 2.83. The van der Waals surface area contributed by atoms with Crippen LogP contribution in [0.25, 0.3) is 0 Å². The maximum atomic E-state index is 12.5. The van der Waals surface area contributed by atoms with Crippen molar-refractivity contribution in [3.63, 3.8) is 0 Å². The summed E-state index contributed by atoms with van der Waals surface area (Å²) < 4.78 is 7.56. The van der Waals surface area contributed by atoms with Crippen molar-refractivity contribution in [2.75, 3.05) is 13.1 Å². The van der Waals surface area contributed by atoms with E-state index in [9.17, 15) is 4.79 Å². The highest BCUT2D eigenvalue weighted by Gasteiger charge is 2.25. The van der Waals surface area contributed by atoms with Crippen LogP contribution in [0.1, 0.15) is 29.8 Å². The number of likely N-dealkylation sites (tertiary alicyclic amines) is 1. The van der Waals surface area contributed by atoms with Crippen LogP contribution >= 0.6 is 0 Å². The molecule has 7 heteroatoms. The van der Waals surface area contributed by atoms with E-state index >= 15 is 0 Å². The van der Waals surface area contributed by atoms with E-state index in [2.05, 4.69) is 15.1 Å². The Labute approximate surface area is 141 Å². The largest absolute Gasteiger partial charge is 0.460 e. The quantitative estimate of drug-likeness (QED) is 0.853. The van der Waals surface area contributed by atoms with Crippen molar-refractivity contribution in [2.24, 2.45) is 0 Å². The molecule has 0 unspecified atom stereocenters. The summed E-state index contributed by atoms with van der Waals surface area (Å²) in [6, 6.07) is 2.16. The third-order valence-electron chi connectivity index (χ3n) is 4.64. The zero-order chi connectivity index (χ0) is 17.1. The molecule has 7 nitrogen and oxygen atoms in total. The summed E-state index contributed by atoms with van der Waals surface area (Å²) in [5.41, 5.74) is 3.19. The first-order valence-corrected chi connectivity index (χ1v) is 8.26. The number of carbonyl (C=O) groups is 1. The first-order chi connectivity index (χ1) is 11.5. The summed E-state index contributed by atoms with van der Waals surface area (Å²) in [7, 11) is 0. The number of aromatic nitrogens is 4. The van der Waals surface area contributed by atoms with Gasteiger partial charge in [0.05, 0.1) is 5.69 Å². The van der Waals surface area contributed by atoms with Crippen LogP contribution in [0.5, 0.6) is 6.01 Å². The van der Waals surface area contributed by atoms with Crippen molar-refractivity contribution >= 4 is 5.91 Å². The highest BCUT2D eigenvalue weighted by molar-refractivity contribution is 5.76. The number of carbonyl (C=O) groups excluding carboxylic acids is 1. The van der Waals surface area contributed by atoms with Crippen molar-refractivity contribution < 1.29 is 9.53 Å². The highest BCUT2D eigenvalue weighted by Crippen LogP contribution is 2.17. The number of piperidine rings is 1. The van der Waals surface area contributed by atoms with Crippen LogP contribution in [0.4, 0.5) is 0 Å². The number of nitrogens with zero attached hydrogens (tertiary/aromatic N) is 5. The second kappa shape index (κ2) is 6.98. The highest BCUT2D eigenvalue weighted by atomic mass is 16.5. The van der Waals surface area contributed by atoms with E-state index in [0.29, 0.717) is 25.6 Å². The van der Waals surface area contributed by atoms with Crippen LogP contribution in [0.3, 0.4) is 0 Å². The number of ether oxygens (including phenoxy) is 1. The van der Waals surface area contributed by atoms with Gasteiger partial charge >= 0.3 is 6.01 Å². The summed E-state index contributed by atoms with van der Waals surface area (Å²) >= 11 is 0. The average molecular weight is 329 g/mol. The third-order valence-corrected chi connectivity index (χ3v) is 4.64. The lowest BCUT2D eigenvalue weighted by Gasteiger charge is -2.31. The zero-order valence-electron chi connectivity index (χ0n) is 14.4. The molecule has 0 N–H and O–H groups in total. The fourth-order valence-corrected chi connectivity index (χ4v) is 2.89. The maximum Gasteiger partial charge on any atom is 0.316 e. The molecule has 2 aromatic rings. The lowest BCUT2D eigenvalue weighted by molar-refractivity contribution is -0.133. The fourth-order valence-electron chi connectivity index (χ4n) is 2.89. The van der Waals surface area contributed by atoms with Gasteiger partial charge in [0.15, 0.2) is 0 Å². The van der Waals surface area contributed by atoms with Gasteiger partial charge in [-0.3, -0.25) is 9.48 Å². The van der Waals surface area contributed by atoms with Gasteiger partial charge in [0.2, 0.25) is 5.91 Å². The van der Waals surface area contributed by atoms with Gasteiger partial charge < -0.3 is 9.64 Å². The summed E-state index contributed by atoms with van der Waals surface area (Å²) in [4.78, 5) is 22.5. The first-order valence-electron chi connectivity index (χ1n) is 8.26. The Kier molecular flexibility index (Phi) is 4.78. The van der Waals surface area contributed by atoms with Crippen LogP contribution in [0.15, 0.2) is 18.5 Å². The van der Waals surface area contributed by atoms with Gasteiger partial charge in [-0.05, 0) is 32.4 Å². The Morgan fingerprint density at radius 1 is 1.21 bits per heavy atom. The zero-order valence-corrected chi connectivity index (χ0v) is 14.4. The smallest absolute Gasteiger partial charge is 0.316 e. The second-order valence-corrected chi connectivity index (χ2v) is 6.18. The van der Waals surface area contributed by atoms with Crippen molar-refractivity contribution in [1.82, 2.24) is 24.6 Å². The van der Waals surface area contributed by atoms with Crippen LogP contribution in [-0.4, -0.2) is 49.7 Å². The minimum absolute atomic E-state index is 0.0624. The summed E-state index contributed by atoms with van der Waals surface area (Å²) in [6.07, 6.45) is 4.97. The molecule has 128 valence electrons. The molecule has 1 fully saturated rings. The summed E-state index contributed by atoms with van der Waals surface area (Å²) in [5.74, 6) is 0.106. The molecule has 0 aromatic carbocycles. The van der Waals surface area contributed by atoms with Gasteiger partial charge in [-0.2, -0.15) is 5.10 Å². The second-order valence-electron chi connectivity index (χ2n) is 6.18. The minimum atomic E-state index is 0.0624. The van der Waals surface area contributed by atoms with Crippen LogP contribution in [0, 0.1) is 20.8 Å². The van der Waals surface area contributed by atoms with Crippen LogP contribution < -0.4 is 4.74 Å². The molecule has 1 aliphatic rings. The molecule has 1 saturated heterocycles. The van der Waals surface area contributed by atoms with Gasteiger partial charge in [0.25, 0.3) is 0 Å². The lowest BCUT2D eigenvalue weighted by atomic mass is 10.1. The third kappa shape index (κ3) is 3.55.